The molecule has 0 spiro atoms. The average molecular weight is 156 g/mol. The van der Waals surface area contributed by atoms with Crippen LogP contribution in [-0.2, 0) is 0 Å². The highest BCUT2D eigenvalue weighted by molar-refractivity contribution is 5.04. The number of ether oxygens (including phenoxy) is 1. The number of aromatic nitrogens is 2. The number of H-pyrrole nitrogens is 2. The first-order chi connectivity index (χ1) is 5.22. The molecule has 0 aliphatic rings. The predicted molar refractivity (Wildman–Crippen MR) is 38.9 cm³/mol. The first-order valence-corrected chi connectivity index (χ1v) is 3.19. The van der Waals surface area contributed by atoms with Crippen LogP contribution in [0.3, 0.4) is 0 Å². The lowest BCUT2D eigenvalue weighted by molar-refractivity contribution is 0.324. The highest BCUT2D eigenvalue weighted by atomic mass is 16.5. The molecule has 1 aromatic heterocycles. The minimum Gasteiger partial charge on any atom is -0.479 e. The van der Waals surface area contributed by atoms with Crippen molar-refractivity contribution in [2.24, 2.45) is 0 Å². The van der Waals surface area contributed by atoms with Crippen LogP contribution in [0.1, 0.15) is 6.92 Å². The Kier molecular flexibility index (Phi) is 2.10. The molecule has 0 saturated heterocycles. The largest absolute Gasteiger partial charge is 0.479 e. The van der Waals surface area contributed by atoms with Gasteiger partial charge in [0.2, 0.25) is 0 Å². The van der Waals surface area contributed by atoms with Gasteiger partial charge in [-0.15, -0.1) is 0 Å². The molecule has 0 aromatic carbocycles. The molecule has 60 valence electrons. The van der Waals surface area contributed by atoms with Gasteiger partial charge in [0.1, 0.15) is 0 Å². The van der Waals surface area contributed by atoms with Crippen molar-refractivity contribution in [3.8, 4) is 5.88 Å². The first kappa shape index (κ1) is 7.59. The summed E-state index contributed by atoms with van der Waals surface area (Å²) in [6.45, 7) is 2.18. The highest BCUT2D eigenvalue weighted by Gasteiger charge is 1.93. The molecule has 0 bridgehead atoms. The van der Waals surface area contributed by atoms with Gasteiger partial charge in [0.05, 0.1) is 12.7 Å². The number of nitrogens with one attached hydrogen (secondary N) is 2. The van der Waals surface area contributed by atoms with Gasteiger partial charge in [-0.25, -0.2) is 4.79 Å². The lowest BCUT2D eigenvalue weighted by Gasteiger charge is -1.98. The Hall–Kier alpha value is -1.52. The second kappa shape index (κ2) is 3.05. The number of hydrogen-bond acceptors (Lipinski definition) is 3. The van der Waals surface area contributed by atoms with E-state index in [0.717, 1.165) is 0 Å². The molecular weight excluding hydrogens is 148 g/mol. The maximum atomic E-state index is 10.6. The van der Waals surface area contributed by atoms with Crippen LogP contribution in [0, 0.1) is 0 Å². The van der Waals surface area contributed by atoms with Gasteiger partial charge < -0.3 is 4.74 Å². The molecule has 5 nitrogen and oxygen atoms in total. The maximum absolute atomic E-state index is 10.6. The number of rotatable bonds is 2. The van der Waals surface area contributed by atoms with E-state index < -0.39 is 11.2 Å². The van der Waals surface area contributed by atoms with Crippen LogP contribution >= 0.6 is 0 Å². The lowest BCUT2D eigenvalue weighted by Crippen LogP contribution is -2.21. The third kappa shape index (κ3) is 1.96. The van der Waals surface area contributed by atoms with E-state index in [1.807, 2.05) is 4.98 Å². The smallest absolute Gasteiger partial charge is 0.328 e. The SMILES string of the molecule is CCOc1cc(=O)[nH]c(=O)[nH]1. The molecule has 1 aromatic rings. The lowest BCUT2D eigenvalue weighted by atomic mass is 10.6. The molecule has 2 N–H and O–H groups in total. The van der Waals surface area contributed by atoms with Crippen molar-refractivity contribution in [2.75, 3.05) is 6.61 Å². The zero-order valence-electron chi connectivity index (χ0n) is 6.01. The Morgan fingerprint density at radius 2 is 2.18 bits per heavy atom. The van der Waals surface area contributed by atoms with E-state index in [1.165, 1.54) is 6.07 Å². The molecule has 1 rings (SSSR count). The molecule has 0 amide bonds. The first-order valence-electron chi connectivity index (χ1n) is 3.19. The maximum Gasteiger partial charge on any atom is 0.328 e. The van der Waals surface area contributed by atoms with Gasteiger partial charge in [-0.1, -0.05) is 0 Å². The van der Waals surface area contributed by atoms with E-state index in [1.54, 1.807) is 6.92 Å². The summed E-state index contributed by atoms with van der Waals surface area (Å²) in [4.78, 5) is 25.6. The Labute approximate surface area is 62.0 Å². The minimum absolute atomic E-state index is 0.196. The molecule has 0 atom stereocenters. The molecule has 0 aliphatic heterocycles. The molecule has 0 radical (unpaired) electrons. The Morgan fingerprint density at radius 1 is 1.45 bits per heavy atom. The summed E-state index contributed by atoms with van der Waals surface area (Å²) in [5.41, 5.74) is -1.02. The highest BCUT2D eigenvalue weighted by Crippen LogP contribution is 1.94. The second-order valence-corrected chi connectivity index (χ2v) is 1.88. The molecular formula is C6H8N2O3. The van der Waals surface area contributed by atoms with Gasteiger partial charge in [-0.2, -0.15) is 0 Å². The Balaban J connectivity index is 3.09. The molecule has 0 fully saturated rings. The van der Waals surface area contributed by atoms with Crippen LogP contribution in [-0.4, -0.2) is 16.6 Å². The van der Waals surface area contributed by atoms with Gasteiger partial charge >= 0.3 is 5.69 Å². The Morgan fingerprint density at radius 3 is 2.73 bits per heavy atom. The summed E-state index contributed by atoms with van der Waals surface area (Å²) in [5, 5.41) is 0. The van der Waals surface area contributed by atoms with E-state index in [-0.39, 0.29) is 5.88 Å². The van der Waals surface area contributed by atoms with Gasteiger partial charge in [-0.3, -0.25) is 14.8 Å². The van der Waals surface area contributed by atoms with E-state index in [2.05, 4.69) is 4.98 Å². The number of hydrogen-bond donors (Lipinski definition) is 2. The summed E-state index contributed by atoms with van der Waals surface area (Å²) in [6.07, 6.45) is 0. The Bertz CT molecular complexity index is 310. The van der Waals surface area contributed by atoms with Gasteiger partial charge in [0, 0.05) is 0 Å². The van der Waals surface area contributed by atoms with Gasteiger partial charge in [0.25, 0.3) is 5.56 Å². The quantitative estimate of drug-likeness (QED) is 0.604. The van der Waals surface area contributed by atoms with Crippen molar-refractivity contribution in [1.82, 2.24) is 9.97 Å². The fraction of sp³-hybridized carbons (Fsp3) is 0.333. The molecule has 0 aliphatic carbocycles. The standard InChI is InChI=1S/C6H8N2O3/c1-2-11-5-3-4(9)7-6(10)8-5/h3H,2H2,1H3,(H2,7,8,9,10). The van der Waals surface area contributed by atoms with Crippen LogP contribution < -0.4 is 16.0 Å². The van der Waals surface area contributed by atoms with Gasteiger partial charge in [-0.05, 0) is 6.92 Å². The molecule has 5 heteroatoms. The summed E-state index contributed by atoms with van der Waals surface area (Å²) in [5.74, 6) is 0.196. The van der Waals surface area contributed by atoms with Gasteiger partial charge in [0.15, 0.2) is 5.88 Å². The van der Waals surface area contributed by atoms with E-state index >= 15 is 0 Å². The van der Waals surface area contributed by atoms with Crippen LogP contribution in [0.15, 0.2) is 15.7 Å². The van der Waals surface area contributed by atoms with Crippen LogP contribution in [0.2, 0.25) is 0 Å². The fourth-order valence-electron chi connectivity index (χ4n) is 0.680. The summed E-state index contributed by atoms with van der Waals surface area (Å²) in [6, 6.07) is 1.19. The second-order valence-electron chi connectivity index (χ2n) is 1.88. The monoisotopic (exact) mass is 156 g/mol. The molecule has 11 heavy (non-hydrogen) atoms. The minimum atomic E-state index is -0.555. The average Bonchev–Trinajstić information content (AvgIpc) is 1.85. The van der Waals surface area contributed by atoms with Crippen molar-refractivity contribution in [3.63, 3.8) is 0 Å². The summed E-state index contributed by atoms with van der Waals surface area (Å²) in [7, 11) is 0. The van der Waals surface area contributed by atoms with Crippen molar-refractivity contribution in [3.05, 3.63) is 26.9 Å². The topological polar surface area (TPSA) is 75.0 Å². The summed E-state index contributed by atoms with van der Waals surface area (Å²) < 4.78 is 4.89. The molecule has 1 heterocycles. The van der Waals surface area contributed by atoms with Crippen LogP contribution in [0.25, 0.3) is 0 Å². The van der Waals surface area contributed by atoms with Crippen molar-refractivity contribution >= 4 is 0 Å². The third-order valence-corrected chi connectivity index (χ3v) is 1.04. The zero-order chi connectivity index (χ0) is 8.27. The van der Waals surface area contributed by atoms with E-state index in [4.69, 9.17) is 4.74 Å². The normalized spacial score (nSPS) is 9.55. The van der Waals surface area contributed by atoms with Crippen LogP contribution in [0.5, 0.6) is 5.88 Å². The van der Waals surface area contributed by atoms with Crippen molar-refractivity contribution < 1.29 is 4.74 Å². The zero-order valence-corrected chi connectivity index (χ0v) is 6.01. The predicted octanol–water partition coefficient (Wildman–Crippen LogP) is -0.538. The number of aromatic amines is 2. The van der Waals surface area contributed by atoms with Crippen molar-refractivity contribution in [1.29, 1.82) is 0 Å². The molecule has 0 unspecified atom stereocenters. The molecule has 0 saturated carbocycles. The van der Waals surface area contributed by atoms with Crippen LogP contribution in [0.4, 0.5) is 0 Å². The van der Waals surface area contributed by atoms with E-state index in [0.29, 0.717) is 6.61 Å². The van der Waals surface area contributed by atoms with E-state index in [9.17, 15) is 9.59 Å². The van der Waals surface area contributed by atoms with Crippen molar-refractivity contribution in [2.45, 2.75) is 6.92 Å². The third-order valence-electron chi connectivity index (χ3n) is 1.04. The fourth-order valence-corrected chi connectivity index (χ4v) is 0.680. The summed E-state index contributed by atoms with van der Waals surface area (Å²) >= 11 is 0.